The Hall–Kier alpha value is -1.39. The normalized spacial score (nSPS) is 25.7. The van der Waals surface area contributed by atoms with E-state index in [-0.39, 0.29) is 11.8 Å². The van der Waals surface area contributed by atoms with Gasteiger partial charge in [-0.05, 0) is 24.7 Å². The minimum atomic E-state index is -1.07. The Morgan fingerprint density at radius 1 is 1.11 bits per heavy atom. The summed E-state index contributed by atoms with van der Waals surface area (Å²) in [6, 6.07) is -0.690. The molecule has 1 heterocycles. The van der Waals surface area contributed by atoms with Gasteiger partial charge in [0.05, 0.1) is 0 Å². The molecule has 2 rings (SSSR count). The number of imide groups is 2. The molecule has 0 bridgehead atoms. The Morgan fingerprint density at radius 2 is 1.63 bits per heavy atom. The fourth-order valence-corrected chi connectivity index (χ4v) is 3.65. The van der Waals surface area contributed by atoms with Crippen LogP contribution in [0.5, 0.6) is 0 Å². The molecule has 1 atom stereocenters. The average molecular weight is 266 g/mol. The number of carbonyl (C=O) groups is 3. The third-order valence-corrected chi connectivity index (χ3v) is 4.84. The molecule has 0 aromatic rings. The minimum Gasteiger partial charge on any atom is -0.277 e. The molecule has 5 nitrogen and oxygen atoms in total. The molecule has 0 radical (unpaired) electrons. The Morgan fingerprint density at radius 3 is 2.11 bits per heavy atom. The molecule has 2 aliphatic rings. The van der Waals surface area contributed by atoms with Gasteiger partial charge in [0.1, 0.15) is 5.41 Å². The molecule has 2 fully saturated rings. The lowest BCUT2D eigenvalue weighted by molar-refractivity contribution is -0.154. The first-order chi connectivity index (χ1) is 9.03. The number of barbiturate groups is 1. The standard InChI is InChI=1S/C14H22N2O3/c1-3-9(2)14(10-7-5-4-6-8-10)11(17)15-13(19)16-12(14)18/h9-10H,3-8H2,1-2H3,(H2,15,16,17,18,19). The molecular formula is C14H22N2O3. The Labute approximate surface area is 113 Å². The largest absolute Gasteiger partial charge is 0.328 e. The fraction of sp³-hybridized carbons (Fsp3) is 0.786. The summed E-state index contributed by atoms with van der Waals surface area (Å²) in [4.78, 5) is 36.2. The van der Waals surface area contributed by atoms with Crippen molar-refractivity contribution in [2.75, 3.05) is 0 Å². The van der Waals surface area contributed by atoms with E-state index in [1.165, 1.54) is 0 Å². The second-order valence-corrected chi connectivity index (χ2v) is 5.75. The lowest BCUT2D eigenvalue weighted by atomic mass is 9.60. The lowest BCUT2D eigenvalue weighted by Gasteiger charge is -2.45. The van der Waals surface area contributed by atoms with Gasteiger partial charge in [-0.3, -0.25) is 20.2 Å². The van der Waals surface area contributed by atoms with E-state index < -0.39 is 23.3 Å². The first kappa shape index (κ1) is 14.0. The van der Waals surface area contributed by atoms with Crippen LogP contribution in [0, 0.1) is 17.3 Å². The second kappa shape index (κ2) is 5.31. The van der Waals surface area contributed by atoms with Gasteiger partial charge in [0.15, 0.2) is 0 Å². The minimum absolute atomic E-state index is 0.0456. The second-order valence-electron chi connectivity index (χ2n) is 5.75. The van der Waals surface area contributed by atoms with Gasteiger partial charge >= 0.3 is 6.03 Å². The fourth-order valence-electron chi connectivity index (χ4n) is 3.65. The molecule has 1 aliphatic carbocycles. The molecule has 19 heavy (non-hydrogen) atoms. The van der Waals surface area contributed by atoms with Crippen molar-refractivity contribution < 1.29 is 14.4 Å². The maximum Gasteiger partial charge on any atom is 0.328 e. The summed E-state index contributed by atoms with van der Waals surface area (Å²) in [5, 5.41) is 4.61. The van der Waals surface area contributed by atoms with Crippen LogP contribution in [-0.2, 0) is 9.59 Å². The number of urea groups is 1. The van der Waals surface area contributed by atoms with E-state index in [0.717, 1.165) is 38.5 Å². The Kier molecular flexibility index (Phi) is 3.92. The molecule has 1 saturated heterocycles. The van der Waals surface area contributed by atoms with E-state index in [4.69, 9.17) is 0 Å². The van der Waals surface area contributed by atoms with Crippen LogP contribution in [0.4, 0.5) is 4.79 Å². The molecule has 4 amide bonds. The summed E-state index contributed by atoms with van der Waals surface area (Å²) in [5.41, 5.74) is -1.07. The van der Waals surface area contributed by atoms with Crippen LogP contribution in [-0.4, -0.2) is 17.8 Å². The maximum atomic E-state index is 12.4. The summed E-state index contributed by atoms with van der Waals surface area (Å²) in [5.74, 6) is -0.821. The van der Waals surface area contributed by atoms with E-state index in [0.29, 0.717) is 0 Å². The molecular weight excluding hydrogens is 244 g/mol. The van der Waals surface area contributed by atoms with Gasteiger partial charge in [-0.25, -0.2) is 4.79 Å². The lowest BCUT2D eigenvalue weighted by Crippen LogP contribution is -2.67. The molecule has 1 aliphatic heterocycles. The monoisotopic (exact) mass is 266 g/mol. The molecule has 106 valence electrons. The zero-order valence-corrected chi connectivity index (χ0v) is 11.6. The van der Waals surface area contributed by atoms with E-state index in [2.05, 4.69) is 10.6 Å². The SMILES string of the molecule is CCC(C)C1(C2CCCCC2)C(=O)NC(=O)NC1=O. The summed E-state index contributed by atoms with van der Waals surface area (Å²) in [7, 11) is 0. The van der Waals surface area contributed by atoms with Crippen LogP contribution in [0.25, 0.3) is 0 Å². The Bertz CT molecular complexity index is 379. The zero-order valence-electron chi connectivity index (χ0n) is 11.6. The van der Waals surface area contributed by atoms with Crippen LogP contribution in [0.3, 0.4) is 0 Å². The van der Waals surface area contributed by atoms with Gasteiger partial charge in [-0.2, -0.15) is 0 Å². The van der Waals surface area contributed by atoms with Gasteiger partial charge in [0.2, 0.25) is 11.8 Å². The van der Waals surface area contributed by atoms with E-state index in [1.54, 1.807) is 0 Å². The van der Waals surface area contributed by atoms with Crippen molar-refractivity contribution in [1.29, 1.82) is 0 Å². The number of hydrogen-bond acceptors (Lipinski definition) is 3. The third-order valence-electron chi connectivity index (χ3n) is 4.84. The van der Waals surface area contributed by atoms with Gasteiger partial charge in [-0.1, -0.05) is 39.5 Å². The molecule has 1 saturated carbocycles. The van der Waals surface area contributed by atoms with Gasteiger partial charge in [0, 0.05) is 0 Å². The van der Waals surface area contributed by atoms with Crippen LogP contribution in [0.15, 0.2) is 0 Å². The van der Waals surface area contributed by atoms with Crippen molar-refractivity contribution in [2.45, 2.75) is 52.4 Å². The number of nitrogens with one attached hydrogen (secondary N) is 2. The van der Waals surface area contributed by atoms with Crippen molar-refractivity contribution >= 4 is 17.8 Å². The van der Waals surface area contributed by atoms with Gasteiger partial charge in [-0.15, -0.1) is 0 Å². The summed E-state index contributed by atoms with van der Waals surface area (Å²) < 4.78 is 0. The highest BCUT2D eigenvalue weighted by Gasteiger charge is 2.57. The molecule has 1 unspecified atom stereocenters. The van der Waals surface area contributed by atoms with Crippen LogP contribution < -0.4 is 10.6 Å². The van der Waals surface area contributed by atoms with Crippen LogP contribution in [0.2, 0.25) is 0 Å². The first-order valence-electron chi connectivity index (χ1n) is 7.20. The molecule has 0 aromatic heterocycles. The van der Waals surface area contributed by atoms with Crippen LogP contribution in [0.1, 0.15) is 52.4 Å². The zero-order chi connectivity index (χ0) is 14.0. The number of hydrogen-bond donors (Lipinski definition) is 2. The predicted molar refractivity (Wildman–Crippen MR) is 70.1 cm³/mol. The number of carbonyl (C=O) groups excluding carboxylic acids is 3. The molecule has 5 heteroatoms. The highest BCUT2D eigenvalue weighted by atomic mass is 16.2. The van der Waals surface area contributed by atoms with E-state index in [1.807, 2.05) is 13.8 Å². The van der Waals surface area contributed by atoms with Gasteiger partial charge in [0.25, 0.3) is 0 Å². The quantitative estimate of drug-likeness (QED) is 0.767. The predicted octanol–water partition coefficient (Wildman–Crippen LogP) is 1.97. The topological polar surface area (TPSA) is 75.3 Å². The molecule has 2 N–H and O–H groups in total. The maximum absolute atomic E-state index is 12.4. The van der Waals surface area contributed by atoms with Crippen molar-refractivity contribution in [3.8, 4) is 0 Å². The first-order valence-corrected chi connectivity index (χ1v) is 7.20. The Balaban J connectivity index is 2.40. The highest BCUT2D eigenvalue weighted by molar-refractivity contribution is 6.19. The number of amides is 4. The summed E-state index contributed by atoms with van der Waals surface area (Å²) >= 11 is 0. The third kappa shape index (κ3) is 2.15. The van der Waals surface area contributed by atoms with E-state index in [9.17, 15) is 14.4 Å². The van der Waals surface area contributed by atoms with Crippen LogP contribution >= 0.6 is 0 Å². The van der Waals surface area contributed by atoms with Crippen molar-refractivity contribution in [3.05, 3.63) is 0 Å². The summed E-state index contributed by atoms with van der Waals surface area (Å²) in [6.45, 7) is 3.91. The van der Waals surface area contributed by atoms with Crippen molar-refractivity contribution in [2.24, 2.45) is 17.3 Å². The van der Waals surface area contributed by atoms with Crippen molar-refractivity contribution in [3.63, 3.8) is 0 Å². The molecule has 0 aromatic carbocycles. The average Bonchev–Trinajstić information content (AvgIpc) is 2.39. The smallest absolute Gasteiger partial charge is 0.277 e. The van der Waals surface area contributed by atoms with Gasteiger partial charge < -0.3 is 0 Å². The van der Waals surface area contributed by atoms with E-state index >= 15 is 0 Å². The van der Waals surface area contributed by atoms with Crippen molar-refractivity contribution in [1.82, 2.24) is 10.6 Å². The number of rotatable bonds is 3. The summed E-state index contributed by atoms with van der Waals surface area (Å²) in [6.07, 6.45) is 5.79. The molecule has 0 spiro atoms. The highest BCUT2D eigenvalue weighted by Crippen LogP contribution is 2.46.